The Kier molecular flexibility index (Phi) is 4.49. The molecule has 0 aliphatic carbocycles. The normalized spacial score (nSPS) is 17.6. The average molecular weight is 318 g/mol. The summed E-state index contributed by atoms with van der Waals surface area (Å²) < 4.78 is 0. The molecule has 0 saturated heterocycles. The Morgan fingerprint density at radius 2 is 1.64 bits per heavy atom. The van der Waals surface area contributed by atoms with Gasteiger partial charge in [0.1, 0.15) is 6.04 Å². The van der Waals surface area contributed by atoms with Gasteiger partial charge in [-0.2, -0.15) is 0 Å². The number of hydroxylamine groups is 1. The summed E-state index contributed by atoms with van der Waals surface area (Å²) in [4.78, 5) is 14.1. The number of rotatable bonds is 1. The molecule has 1 aliphatic rings. The molecule has 1 unspecified atom stereocenters. The number of para-hydroxylation sites is 1. The summed E-state index contributed by atoms with van der Waals surface area (Å²) in [5.41, 5.74) is 1.49. The Balaban J connectivity index is 0.00000176. The van der Waals surface area contributed by atoms with Gasteiger partial charge in [-0.1, -0.05) is 42.5 Å². The summed E-state index contributed by atoms with van der Waals surface area (Å²) in [6.45, 7) is 0. The number of hydrogen-bond acceptors (Lipinski definition) is 3. The van der Waals surface area contributed by atoms with E-state index in [1.807, 2.05) is 30.3 Å². The van der Waals surface area contributed by atoms with E-state index in [0.717, 1.165) is 10.6 Å². The molecule has 2 aromatic carbocycles. The minimum Gasteiger partial charge on any atom is -0.327 e. The highest BCUT2D eigenvalue weighted by Crippen LogP contribution is 2.32. The minimum absolute atomic E-state index is 0. The molecule has 114 valence electrons. The summed E-state index contributed by atoms with van der Waals surface area (Å²) in [6, 6.07) is 15.4. The molecule has 6 heteroatoms. The van der Waals surface area contributed by atoms with Crippen molar-refractivity contribution in [1.29, 1.82) is 5.41 Å². The molecule has 0 fully saturated rings. The molecule has 2 aromatic rings. The summed E-state index contributed by atoms with van der Waals surface area (Å²) in [6.07, 6.45) is 0. The maximum absolute atomic E-state index is 12.6. The van der Waals surface area contributed by atoms with Crippen molar-refractivity contribution in [2.75, 3.05) is 12.1 Å². The molecular formula is C16H16ClN3O2. The predicted octanol–water partition coefficient (Wildman–Crippen LogP) is 3.11. The SMILES string of the molecule is CN1C(=O)c2ccccc2N(O)C(=N)C1c1ccccc1.Cl. The molecule has 0 radical (unpaired) electrons. The van der Waals surface area contributed by atoms with Crippen LogP contribution in [0.1, 0.15) is 22.0 Å². The van der Waals surface area contributed by atoms with E-state index in [1.165, 1.54) is 4.90 Å². The third-order valence-electron chi connectivity index (χ3n) is 3.67. The number of amides is 1. The predicted molar refractivity (Wildman–Crippen MR) is 87.0 cm³/mol. The number of halogens is 1. The van der Waals surface area contributed by atoms with Gasteiger partial charge in [0.25, 0.3) is 5.91 Å². The van der Waals surface area contributed by atoms with E-state index in [9.17, 15) is 10.0 Å². The van der Waals surface area contributed by atoms with Crippen molar-refractivity contribution in [3.05, 3.63) is 65.7 Å². The van der Waals surface area contributed by atoms with Gasteiger partial charge >= 0.3 is 0 Å². The van der Waals surface area contributed by atoms with Crippen LogP contribution in [0.15, 0.2) is 54.6 Å². The summed E-state index contributed by atoms with van der Waals surface area (Å²) >= 11 is 0. The highest BCUT2D eigenvalue weighted by Gasteiger charge is 2.35. The third-order valence-corrected chi connectivity index (χ3v) is 3.67. The van der Waals surface area contributed by atoms with Crippen molar-refractivity contribution in [2.24, 2.45) is 0 Å². The van der Waals surface area contributed by atoms with E-state index in [1.54, 1.807) is 31.3 Å². The van der Waals surface area contributed by atoms with E-state index in [-0.39, 0.29) is 24.1 Å². The Hall–Kier alpha value is -2.37. The van der Waals surface area contributed by atoms with Crippen LogP contribution < -0.4 is 5.06 Å². The van der Waals surface area contributed by atoms with Gasteiger partial charge in [0.15, 0.2) is 5.84 Å². The highest BCUT2D eigenvalue weighted by atomic mass is 35.5. The van der Waals surface area contributed by atoms with E-state index in [2.05, 4.69) is 0 Å². The summed E-state index contributed by atoms with van der Waals surface area (Å²) in [7, 11) is 1.64. The molecule has 5 nitrogen and oxygen atoms in total. The zero-order chi connectivity index (χ0) is 15.0. The fourth-order valence-electron chi connectivity index (χ4n) is 2.59. The maximum atomic E-state index is 12.6. The topological polar surface area (TPSA) is 67.6 Å². The van der Waals surface area contributed by atoms with Crippen LogP contribution in [0.25, 0.3) is 0 Å². The molecule has 1 heterocycles. The van der Waals surface area contributed by atoms with Crippen LogP contribution in [-0.2, 0) is 0 Å². The van der Waals surface area contributed by atoms with E-state index < -0.39 is 6.04 Å². The van der Waals surface area contributed by atoms with Crippen LogP contribution >= 0.6 is 12.4 Å². The number of anilines is 1. The molecule has 0 saturated carbocycles. The van der Waals surface area contributed by atoms with Gasteiger partial charge in [-0.25, -0.2) is 5.06 Å². The largest absolute Gasteiger partial charge is 0.327 e. The highest BCUT2D eigenvalue weighted by molar-refractivity contribution is 6.10. The van der Waals surface area contributed by atoms with Crippen LogP contribution in [0, 0.1) is 5.41 Å². The third kappa shape index (κ3) is 2.45. The number of nitrogens with one attached hydrogen (secondary N) is 1. The quantitative estimate of drug-likeness (QED) is 0.849. The molecule has 0 bridgehead atoms. The maximum Gasteiger partial charge on any atom is 0.256 e. The summed E-state index contributed by atoms with van der Waals surface area (Å²) in [5, 5.41) is 19.4. The Bertz CT molecular complexity index is 706. The van der Waals surface area contributed by atoms with Gasteiger partial charge in [-0.05, 0) is 17.7 Å². The Morgan fingerprint density at radius 3 is 2.32 bits per heavy atom. The van der Waals surface area contributed by atoms with E-state index in [0.29, 0.717) is 11.3 Å². The number of hydrogen-bond donors (Lipinski definition) is 2. The number of carbonyl (C=O) groups is 1. The second-order valence-electron chi connectivity index (χ2n) is 4.94. The van der Waals surface area contributed by atoms with E-state index in [4.69, 9.17) is 5.41 Å². The molecule has 1 aliphatic heterocycles. The number of fused-ring (bicyclic) bond motifs is 1. The fraction of sp³-hybridized carbons (Fsp3) is 0.125. The van der Waals surface area contributed by atoms with Gasteiger partial charge in [-0.3, -0.25) is 15.4 Å². The first-order valence-corrected chi connectivity index (χ1v) is 6.60. The lowest BCUT2D eigenvalue weighted by atomic mass is 10.0. The lowest BCUT2D eigenvalue weighted by Gasteiger charge is -2.28. The number of carbonyl (C=O) groups excluding carboxylic acids is 1. The fourth-order valence-corrected chi connectivity index (χ4v) is 2.59. The molecule has 2 N–H and O–H groups in total. The van der Waals surface area contributed by atoms with Crippen molar-refractivity contribution < 1.29 is 10.0 Å². The van der Waals surface area contributed by atoms with Gasteiger partial charge in [-0.15, -0.1) is 12.4 Å². The van der Waals surface area contributed by atoms with Crippen molar-refractivity contribution in [3.8, 4) is 0 Å². The van der Waals surface area contributed by atoms with Crippen LogP contribution in [0.5, 0.6) is 0 Å². The van der Waals surface area contributed by atoms with Crippen LogP contribution in [-0.4, -0.2) is 28.9 Å². The number of benzene rings is 2. The van der Waals surface area contributed by atoms with Crippen LogP contribution in [0.2, 0.25) is 0 Å². The molecule has 1 amide bonds. The molecule has 22 heavy (non-hydrogen) atoms. The number of likely N-dealkylation sites (N-methyl/N-ethyl adjacent to an activating group) is 1. The lowest BCUT2D eigenvalue weighted by Crippen LogP contribution is -2.38. The van der Waals surface area contributed by atoms with Gasteiger partial charge in [0, 0.05) is 7.05 Å². The zero-order valence-corrected chi connectivity index (χ0v) is 12.7. The van der Waals surface area contributed by atoms with E-state index >= 15 is 0 Å². The second kappa shape index (κ2) is 6.17. The van der Waals surface area contributed by atoms with Crippen molar-refractivity contribution in [1.82, 2.24) is 4.90 Å². The van der Waals surface area contributed by atoms with Gasteiger partial charge < -0.3 is 4.90 Å². The Morgan fingerprint density at radius 1 is 1.05 bits per heavy atom. The van der Waals surface area contributed by atoms with Crippen LogP contribution in [0.3, 0.4) is 0 Å². The van der Waals surface area contributed by atoms with Crippen molar-refractivity contribution in [2.45, 2.75) is 6.04 Å². The Labute approximate surface area is 134 Å². The monoisotopic (exact) mass is 317 g/mol. The molecule has 0 spiro atoms. The number of amidine groups is 1. The van der Waals surface area contributed by atoms with Crippen molar-refractivity contribution in [3.63, 3.8) is 0 Å². The standard InChI is InChI=1S/C16H15N3O2.ClH/c1-18-14(11-7-3-2-4-8-11)15(17)19(21)13-10-6-5-9-12(13)16(18)20;/h2-10,14,17,21H,1H3;1H. The van der Waals surface area contributed by atoms with Crippen LogP contribution in [0.4, 0.5) is 5.69 Å². The number of nitrogens with zero attached hydrogens (tertiary/aromatic N) is 2. The molecule has 0 aromatic heterocycles. The first-order chi connectivity index (χ1) is 10.1. The molecule has 1 atom stereocenters. The van der Waals surface area contributed by atoms with Gasteiger partial charge in [0.2, 0.25) is 0 Å². The first-order valence-electron chi connectivity index (χ1n) is 6.60. The van der Waals surface area contributed by atoms with Crippen molar-refractivity contribution >= 4 is 29.8 Å². The first kappa shape index (κ1) is 16.0. The van der Waals surface area contributed by atoms with Gasteiger partial charge in [0.05, 0.1) is 11.3 Å². The zero-order valence-electron chi connectivity index (χ0n) is 11.9. The summed E-state index contributed by atoms with van der Waals surface area (Å²) in [5.74, 6) is -0.275. The average Bonchev–Trinajstić information content (AvgIpc) is 2.60. The smallest absolute Gasteiger partial charge is 0.256 e. The lowest BCUT2D eigenvalue weighted by molar-refractivity contribution is 0.0772. The minimum atomic E-state index is -0.629. The second-order valence-corrected chi connectivity index (χ2v) is 4.94. The molecule has 3 rings (SSSR count). The molecular weight excluding hydrogens is 302 g/mol.